The number of hydrogen-bond acceptors (Lipinski definition) is 6. The molecular formula is C17H21N5O4S. The predicted octanol–water partition coefficient (Wildman–Crippen LogP) is 1.72. The lowest BCUT2D eigenvalue weighted by Gasteiger charge is -2.08. The zero-order valence-corrected chi connectivity index (χ0v) is 16.6. The number of carbonyl (C=O) groups is 1. The first-order chi connectivity index (χ1) is 12.6. The standard InChI is InChI=1S/C17H21N5O4S/c1-11-6-15(13(3)22(11)17-7-12(2)26-19-17)16(23)10-21-9-14(8-18-21)27(24,25)20(4)5/h6-9H,10H2,1-5H3. The van der Waals surface area contributed by atoms with Crippen LogP contribution in [0.25, 0.3) is 5.82 Å². The third-order valence-electron chi connectivity index (χ3n) is 4.27. The van der Waals surface area contributed by atoms with Crippen molar-refractivity contribution >= 4 is 15.8 Å². The van der Waals surface area contributed by atoms with Gasteiger partial charge in [-0.1, -0.05) is 5.16 Å². The molecule has 0 radical (unpaired) electrons. The lowest BCUT2D eigenvalue weighted by Crippen LogP contribution is -2.21. The molecule has 10 heteroatoms. The molecule has 9 nitrogen and oxygen atoms in total. The highest BCUT2D eigenvalue weighted by atomic mass is 32.2. The largest absolute Gasteiger partial charge is 0.360 e. The van der Waals surface area contributed by atoms with Gasteiger partial charge in [-0.2, -0.15) is 5.10 Å². The van der Waals surface area contributed by atoms with E-state index in [9.17, 15) is 13.2 Å². The third kappa shape index (κ3) is 3.45. The second-order valence-electron chi connectivity index (χ2n) is 6.50. The molecule has 0 aliphatic heterocycles. The maximum atomic E-state index is 12.8. The van der Waals surface area contributed by atoms with Crippen molar-refractivity contribution in [1.29, 1.82) is 0 Å². The van der Waals surface area contributed by atoms with Crippen LogP contribution in [0.5, 0.6) is 0 Å². The van der Waals surface area contributed by atoms with Crippen LogP contribution in [0, 0.1) is 20.8 Å². The molecule has 0 spiro atoms. The van der Waals surface area contributed by atoms with E-state index in [2.05, 4.69) is 10.3 Å². The van der Waals surface area contributed by atoms with Gasteiger partial charge in [0, 0.05) is 43.3 Å². The first-order valence-electron chi connectivity index (χ1n) is 8.22. The van der Waals surface area contributed by atoms with Crippen molar-refractivity contribution in [3.05, 3.63) is 47.2 Å². The molecule has 3 aromatic heterocycles. The van der Waals surface area contributed by atoms with E-state index in [0.29, 0.717) is 17.1 Å². The van der Waals surface area contributed by atoms with Crippen LogP contribution in [0.1, 0.15) is 27.5 Å². The topological polar surface area (TPSA) is 103 Å². The molecule has 0 fully saturated rings. The lowest BCUT2D eigenvalue weighted by molar-refractivity contribution is 0.0967. The van der Waals surface area contributed by atoms with E-state index in [4.69, 9.17) is 4.52 Å². The average molecular weight is 391 g/mol. The first kappa shape index (κ1) is 19.1. The Labute approximate surface area is 157 Å². The molecular weight excluding hydrogens is 370 g/mol. The molecule has 0 N–H and O–H groups in total. The summed E-state index contributed by atoms with van der Waals surface area (Å²) < 4.78 is 33.6. The van der Waals surface area contributed by atoms with Gasteiger partial charge in [0.25, 0.3) is 0 Å². The van der Waals surface area contributed by atoms with Crippen LogP contribution in [0.3, 0.4) is 0 Å². The van der Waals surface area contributed by atoms with Gasteiger partial charge in [-0.25, -0.2) is 12.7 Å². The van der Waals surface area contributed by atoms with Crippen molar-refractivity contribution in [2.24, 2.45) is 0 Å². The Morgan fingerprint density at radius 3 is 2.52 bits per heavy atom. The van der Waals surface area contributed by atoms with Crippen molar-refractivity contribution in [1.82, 2.24) is 23.8 Å². The molecule has 0 atom stereocenters. The Kier molecular flexibility index (Phi) is 4.79. The lowest BCUT2D eigenvalue weighted by atomic mass is 10.1. The monoisotopic (exact) mass is 391 g/mol. The molecule has 0 saturated heterocycles. The number of hydrogen-bond donors (Lipinski definition) is 0. The number of Topliss-reactive ketones (excluding diaryl/α,β-unsaturated/α-hetero) is 1. The summed E-state index contributed by atoms with van der Waals surface area (Å²) in [6.45, 7) is 5.44. The molecule has 0 bridgehead atoms. The summed E-state index contributed by atoms with van der Waals surface area (Å²) in [5.41, 5.74) is 2.11. The number of aryl methyl sites for hydroxylation is 2. The third-order valence-corrected chi connectivity index (χ3v) is 6.04. The fraction of sp³-hybridized carbons (Fsp3) is 0.353. The van der Waals surface area contributed by atoms with E-state index in [-0.39, 0.29) is 17.2 Å². The molecule has 0 aliphatic carbocycles. The summed E-state index contributed by atoms with van der Waals surface area (Å²) in [5, 5.41) is 8.01. The molecule has 0 amide bonds. The number of sulfonamides is 1. The molecule has 3 aromatic rings. The predicted molar refractivity (Wildman–Crippen MR) is 97.5 cm³/mol. The Bertz CT molecular complexity index is 1100. The summed E-state index contributed by atoms with van der Waals surface area (Å²) in [4.78, 5) is 12.8. The first-order valence-corrected chi connectivity index (χ1v) is 9.66. The quantitative estimate of drug-likeness (QED) is 0.593. The number of nitrogens with zero attached hydrogens (tertiary/aromatic N) is 5. The van der Waals surface area contributed by atoms with Crippen molar-refractivity contribution in [2.75, 3.05) is 14.1 Å². The number of carbonyl (C=O) groups excluding carboxylic acids is 1. The summed E-state index contributed by atoms with van der Waals surface area (Å²) in [5.74, 6) is 1.11. The van der Waals surface area contributed by atoms with E-state index in [1.807, 2.05) is 18.4 Å². The fourth-order valence-corrected chi connectivity index (χ4v) is 3.72. The summed E-state index contributed by atoms with van der Waals surface area (Å²) in [6.07, 6.45) is 2.59. The highest BCUT2D eigenvalue weighted by Crippen LogP contribution is 2.21. The van der Waals surface area contributed by atoms with E-state index >= 15 is 0 Å². The molecule has 0 saturated carbocycles. The van der Waals surface area contributed by atoms with Crippen molar-refractivity contribution < 1.29 is 17.7 Å². The van der Waals surface area contributed by atoms with Crippen LogP contribution in [-0.4, -0.2) is 52.1 Å². The summed E-state index contributed by atoms with van der Waals surface area (Å²) in [6, 6.07) is 3.57. The fourth-order valence-electron chi connectivity index (χ4n) is 2.86. The van der Waals surface area contributed by atoms with Gasteiger partial charge < -0.3 is 4.52 Å². The van der Waals surface area contributed by atoms with Crippen LogP contribution in [-0.2, 0) is 16.6 Å². The van der Waals surface area contributed by atoms with E-state index in [0.717, 1.165) is 15.7 Å². The Balaban J connectivity index is 1.87. The van der Waals surface area contributed by atoms with Crippen molar-refractivity contribution in [3.63, 3.8) is 0 Å². The highest BCUT2D eigenvalue weighted by molar-refractivity contribution is 7.89. The second-order valence-corrected chi connectivity index (χ2v) is 8.65. The molecule has 0 aromatic carbocycles. The van der Waals surface area contributed by atoms with Crippen molar-refractivity contribution in [3.8, 4) is 5.82 Å². The van der Waals surface area contributed by atoms with Gasteiger partial charge in [0.05, 0.1) is 6.20 Å². The minimum atomic E-state index is -3.59. The van der Waals surface area contributed by atoms with E-state index < -0.39 is 10.0 Å². The molecule has 3 heterocycles. The minimum Gasteiger partial charge on any atom is -0.360 e. The Morgan fingerprint density at radius 2 is 1.93 bits per heavy atom. The molecule has 27 heavy (non-hydrogen) atoms. The van der Waals surface area contributed by atoms with Gasteiger partial charge in [0.15, 0.2) is 11.6 Å². The Hall–Kier alpha value is -2.72. The maximum Gasteiger partial charge on any atom is 0.245 e. The normalized spacial score (nSPS) is 12.1. The average Bonchev–Trinajstić information content (AvgIpc) is 3.27. The van der Waals surface area contributed by atoms with Crippen LogP contribution >= 0.6 is 0 Å². The van der Waals surface area contributed by atoms with Crippen molar-refractivity contribution in [2.45, 2.75) is 32.2 Å². The van der Waals surface area contributed by atoms with Gasteiger partial charge in [-0.05, 0) is 26.8 Å². The second kappa shape index (κ2) is 6.78. The maximum absolute atomic E-state index is 12.8. The van der Waals surface area contributed by atoms with Gasteiger partial charge >= 0.3 is 0 Å². The number of ketones is 1. The van der Waals surface area contributed by atoms with Crippen LogP contribution in [0.4, 0.5) is 0 Å². The SMILES string of the molecule is Cc1cc(-n2c(C)cc(C(=O)Cn3cc(S(=O)(=O)N(C)C)cn3)c2C)no1. The number of rotatable bonds is 6. The van der Waals surface area contributed by atoms with Crippen LogP contribution < -0.4 is 0 Å². The zero-order chi connectivity index (χ0) is 19.9. The summed E-state index contributed by atoms with van der Waals surface area (Å²) >= 11 is 0. The molecule has 3 rings (SSSR count). The van der Waals surface area contributed by atoms with Gasteiger partial charge in [-0.3, -0.25) is 14.0 Å². The smallest absolute Gasteiger partial charge is 0.245 e. The zero-order valence-electron chi connectivity index (χ0n) is 15.8. The Morgan fingerprint density at radius 1 is 1.22 bits per heavy atom. The minimum absolute atomic E-state index is 0.0452. The van der Waals surface area contributed by atoms with Gasteiger partial charge in [0.2, 0.25) is 10.0 Å². The molecule has 0 unspecified atom stereocenters. The highest BCUT2D eigenvalue weighted by Gasteiger charge is 2.22. The van der Waals surface area contributed by atoms with E-state index in [1.165, 1.54) is 31.2 Å². The van der Waals surface area contributed by atoms with Crippen LogP contribution in [0.15, 0.2) is 33.9 Å². The van der Waals surface area contributed by atoms with E-state index in [1.54, 1.807) is 19.1 Å². The van der Waals surface area contributed by atoms with Gasteiger partial charge in [-0.15, -0.1) is 0 Å². The van der Waals surface area contributed by atoms with Gasteiger partial charge in [0.1, 0.15) is 17.2 Å². The summed E-state index contributed by atoms with van der Waals surface area (Å²) in [7, 11) is -0.700. The molecule has 0 aliphatic rings. The van der Waals surface area contributed by atoms with Crippen LogP contribution in [0.2, 0.25) is 0 Å². The molecule has 144 valence electrons. The number of aromatic nitrogens is 4.